The molecule has 0 N–H and O–H groups in total. The molecule has 0 aromatic carbocycles. The largest absolute Gasteiger partial charge is 0.332 e. The lowest BCUT2D eigenvalue weighted by molar-refractivity contribution is 0.426. The van der Waals surface area contributed by atoms with Gasteiger partial charge >= 0.3 is 0 Å². The van der Waals surface area contributed by atoms with E-state index in [2.05, 4.69) is 26.1 Å². The normalized spacial score (nSPS) is 10.5. The van der Waals surface area contributed by atoms with E-state index in [1.165, 1.54) is 0 Å². The van der Waals surface area contributed by atoms with E-state index in [1.54, 1.807) is 11.3 Å². The summed E-state index contributed by atoms with van der Waals surface area (Å²) >= 11 is 6.95. The van der Waals surface area contributed by atoms with E-state index in [9.17, 15) is 0 Å². The van der Waals surface area contributed by atoms with Crippen molar-refractivity contribution in [2.24, 2.45) is 0 Å². The lowest BCUT2D eigenvalue weighted by Gasteiger charge is -1.81. The molecule has 2 rings (SSSR count). The van der Waals surface area contributed by atoms with E-state index in [1.807, 2.05) is 34.7 Å². The van der Waals surface area contributed by atoms with Crippen molar-refractivity contribution in [3.05, 3.63) is 19.8 Å². The second-order valence-electron chi connectivity index (χ2n) is 1.97. The number of rotatable bonds is 1. The van der Waals surface area contributed by atoms with Gasteiger partial charge < -0.3 is 4.52 Å². The molecular formula is C6H2BrIN2OS. The molecule has 2 heterocycles. The number of thiophene rings is 1. The maximum atomic E-state index is 4.98. The van der Waals surface area contributed by atoms with Gasteiger partial charge in [0.05, 0.1) is 8.66 Å². The topological polar surface area (TPSA) is 38.9 Å². The lowest BCUT2D eigenvalue weighted by atomic mass is 10.5. The summed E-state index contributed by atoms with van der Waals surface area (Å²) in [4.78, 5) is 5.08. The predicted molar refractivity (Wildman–Crippen MR) is 58.0 cm³/mol. The predicted octanol–water partition coefficient (Wildman–Crippen LogP) is 3.17. The lowest BCUT2D eigenvalue weighted by Crippen LogP contribution is -1.71. The minimum absolute atomic E-state index is 0.579. The van der Waals surface area contributed by atoms with Gasteiger partial charge in [-0.05, 0) is 28.1 Å². The van der Waals surface area contributed by atoms with Crippen LogP contribution in [0.25, 0.3) is 10.8 Å². The van der Waals surface area contributed by atoms with Gasteiger partial charge in [-0.1, -0.05) is 5.16 Å². The van der Waals surface area contributed by atoms with Crippen LogP contribution in [0.15, 0.2) is 20.4 Å². The SMILES string of the molecule is Brc1ccc(-c2nc(I)no2)s1. The quantitative estimate of drug-likeness (QED) is 0.737. The Hall–Kier alpha value is 0.0500. The molecule has 0 fully saturated rings. The summed E-state index contributed by atoms with van der Waals surface area (Å²) in [5.41, 5.74) is 0. The average Bonchev–Trinajstić information content (AvgIpc) is 2.58. The maximum absolute atomic E-state index is 4.98. The minimum Gasteiger partial charge on any atom is -0.332 e. The van der Waals surface area contributed by atoms with Crippen molar-refractivity contribution in [3.63, 3.8) is 0 Å². The summed E-state index contributed by atoms with van der Waals surface area (Å²) in [5.74, 6) is 0.579. The molecule has 0 radical (unpaired) electrons. The molecule has 0 saturated carbocycles. The molecule has 3 nitrogen and oxygen atoms in total. The van der Waals surface area contributed by atoms with Crippen molar-refractivity contribution in [2.45, 2.75) is 0 Å². The number of nitrogens with zero attached hydrogens (tertiary/aromatic N) is 2. The first-order valence-electron chi connectivity index (χ1n) is 3.00. The minimum atomic E-state index is 0.579. The van der Waals surface area contributed by atoms with E-state index < -0.39 is 0 Å². The van der Waals surface area contributed by atoms with Crippen molar-refractivity contribution in [1.82, 2.24) is 10.1 Å². The Labute approximate surface area is 94.4 Å². The van der Waals surface area contributed by atoms with E-state index in [-0.39, 0.29) is 0 Å². The summed E-state index contributed by atoms with van der Waals surface area (Å²) in [6.45, 7) is 0. The Morgan fingerprint density at radius 3 is 2.83 bits per heavy atom. The Morgan fingerprint density at radius 2 is 2.33 bits per heavy atom. The first-order chi connectivity index (χ1) is 5.75. The summed E-state index contributed by atoms with van der Waals surface area (Å²) in [6, 6.07) is 3.90. The van der Waals surface area contributed by atoms with Gasteiger partial charge in [-0.15, -0.1) is 11.3 Å². The third-order valence-electron chi connectivity index (χ3n) is 1.19. The van der Waals surface area contributed by atoms with Crippen molar-refractivity contribution < 1.29 is 4.52 Å². The zero-order valence-corrected chi connectivity index (χ0v) is 10.2. The summed E-state index contributed by atoms with van der Waals surface area (Å²) in [6.07, 6.45) is 0. The van der Waals surface area contributed by atoms with Crippen LogP contribution in [0, 0.1) is 3.83 Å². The van der Waals surface area contributed by atoms with Crippen molar-refractivity contribution in [3.8, 4) is 10.8 Å². The van der Waals surface area contributed by atoms with E-state index in [0.717, 1.165) is 8.66 Å². The Kier molecular flexibility index (Phi) is 2.47. The summed E-state index contributed by atoms with van der Waals surface area (Å²) in [7, 11) is 0. The first-order valence-corrected chi connectivity index (χ1v) is 5.69. The van der Waals surface area contributed by atoms with Gasteiger partial charge in [-0.2, -0.15) is 4.98 Å². The number of halogens is 2. The molecule has 6 heteroatoms. The molecule has 0 unspecified atom stereocenters. The molecule has 0 amide bonds. The first kappa shape index (κ1) is 8.64. The fourth-order valence-electron chi connectivity index (χ4n) is 0.735. The molecule has 2 aromatic heterocycles. The van der Waals surface area contributed by atoms with Crippen LogP contribution in [-0.4, -0.2) is 10.1 Å². The van der Waals surface area contributed by atoms with Crippen LogP contribution in [0.4, 0.5) is 0 Å². The van der Waals surface area contributed by atoms with Crippen LogP contribution in [0.5, 0.6) is 0 Å². The monoisotopic (exact) mass is 356 g/mol. The van der Waals surface area contributed by atoms with Crippen molar-refractivity contribution >= 4 is 49.9 Å². The average molecular weight is 357 g/mol. The summed E-state index contributed by atoms with van der Waals surface area (Å²) < 4.78 is 6.68. The fourth-order valence-corrected chi connectivity index (χ4v) is 2.36. The molecular weight excluding hydrogens is 355 g/mol. The number of hydrogen-bond donors (Lipinski definition) is 0. The van der Waals surface area contributed by atoms with Crippen LogP contribution in [-0.2, 0) is 0 Å². The highest BCUT2D eigenvalue weighted by atomic mass is 127. The fraction of sp³-hybridized carbons (Fsp3) is 0. The van der Waals surface area contributed by atoms with Gasteiger partial charge in [0.15, 0.2) is 0 Å². The van der Waals surface area contributed by atoms with E-state index in [4.69, 9.17) is 4.52 Å². The smallest absolute Gasteiger partial charge is 0.268 e. The molecule has 0 aliphatic rings. The van der Waals surface area contributed by atoms with Gasteiger partial charge in [-0.25, -0.2) is 0 Å². The molecule has 0 aliphatic carbocycles. The highest BCUT2D eigenvalue weighted by Crippen LogP contribution is 2.29. The van der Waals surface area contributed by atoms with Crippen LogP contribution >= 0.6 is 49.9 Å². The van der Waals surface area contributed by atoms with Crippen LogP contribution in [0.3, 0.4) is 0 Å². The number of aromatic nitrogens is 2. The molecule has 12 heavy (non-hydrogen) atoms. The van der Waals surface area contributed by atoms with Crippen LogP contribution in [0.2, 0.25) is 0 Å². The van der Waals surface area contributed by atoms with Crippen molar-refractivity contribution in [1.29, 1.82) is 0 Å². The van der Waals surface area contributed by atoms with E-state index >= 15 is 0 Å². The Morgan fingerprint density at radius 1 is 1.50 bits per heavy atom. The van der Waals surface area contributed by atoms with Crippen LogP contribution < -0.4 is 0 Å². The van der Waals surface area contributed by atoms with Crippen molar-refractivity contribution in [2.75, 3.05) is 0 Å². The zero-order valence-electron chi connectivity index (χ0n) is 5.62. The highest BCUT2D eigenvalue weighted by Gasteiger charge is 2.08. The molecule has 0 atom stereocenters. The van der Waals surface area contributed by atoms with Gasteiger partial charge in [0.25, 0.3) is 5.89 Å². The van der Waals surface area contributed by atoms with Gasteiger partial charge in [0.2, 0.25) is 3.83 Å². The highest BCUT2D eigenvalue weighted by molar-refractivity contribution is 14.1. The molecule has 0 bridgehead atoms. The molecule has 62 valence electrons. The standard InChI is InChI=1S/C6H2BrIN2OS/c7-4-2-1-3(12-4)5-9-6(8)10-11-5/h1-2H. The molecule has 0 spiro atoms. The zero-order chi connectivity index (χ0) is 8.55. The van der Waals surface area contributed by atoms with Gasteiger partial charge in [0.1, 0.15) is 0 Å². The Bertz CT molecular complexity index is 361. The van der Waals surface area contributed by atoms with Gasteiger partial charge in [0, 0.05) is 22.6 Å². The second kappa shape index (κ2) is 3.43. The molecule has 2 aromatic rings. The third kappa shape index (κ3) is 1.69. The number of hydrogen-bond acceptors (Lipinski definition) is 4. The molecule has 0 saturated heterocycles. The van der Waals surface area contributed by atoms with Crippen LogP contribution in [0.1, 0.15) is 0 Å². The maximum Gasteiger partial charge on any atom is 0.268 e. The second-order valence-corrected chi connectivity index (χ2v) is 5.40. The third-order valence-corrected chi connectivity index (χ3v) is 3.24. The molecule has 0 aliphatic heterocycles. The van der Waals surface area contributed by atoms with E-state index in [0.29, 0.717) is 9.72 Å². The Balaban J connectivity index is 2.43. The van der Waals surface area contributed by atoms with Gasteiger partial charge in [-0.3, -0.25) is 0 Å². The summed E-state index contributed by atoms with van der Waals surface area (Å²) in [5, 5.41) is 3.69.